The number of benzene rings is 1. The molecule has 1 rings (SSSR count). The zero-order valence-electron chi connectivity index (χ0n) is 8.24. The van der Waals surface area contributed by atoms with Crippen LogP contribution in [-0.2, 0) is 16.1 Å². The summed E-state index contributed by atoms with van der Waals surface area (Å²) in [6, 6.07) is 5.57. The zero-order chi connectivity index (χ0) is 9.84. The summed E-state index contributed by atoms with van der Waals surface area (Å²) in [6.45, 7) is 3.60. The Morgan fingerprint density at radius 1 is 1.50 bits per heavy atom. The molecule has 0 atom stereocenters. The van der Waals surface area contributed by atoms with Gasteiger partial charge in [-0.25, -0.2) is 0 Å². The molecule has 0 spiro atoms. The molecule has 0 saturated carbocycles. The summed E-state index contributed by atoms with van der Waals surface area (Å²) >= 11 is 0. The summed E-state index contributed by atoms with van der Waals surface area (Å²) in [5.74, 6) is -0.276. The third-order valence-corrected chi connectivity index (χ3v) is 1.92. The van der Waals surface area contributed by atoms with Gasteiger partial charge >= 0.3 is 5.97 Å². The number of carbonyl (C=O) groups is 1. The third kappa shape index (κ3) is 3.26. The van der Waals surface area contributed by atoms with Crippen molar-refractivity contribution in [3.05, 3.63) is 29.3 Å². The van der Waals surface area contributed by atoms with E-state index in [4.69, 9.17) is 10.5 Å². The Morgan fingerprint density at radius 3 is 2.71 bits per heavy atom. The first kappa shape index (κ1) is 12.8. The van der Waals surface area contributed by atoms with Crippen molar-refractivity contribution in [2.45, 2.75) is 20.5 Å². The molecule has 14 heavy (non-hydrogen) atoms. The van der Waals surface area contributed by atoms with Gasteiger partial charge in [-0.3, -0.25) is 4.79 Å². The highest BCUT2D eigenvalue weighted by Gasteiger charge is 2.02. The van der Waals surface area contributed by atoms with Crippen molar-refractivity contribution in [2.75, 3.05) is 5.73 Å². The number of halogens is 1. The Hall–Kier alpha value is -1.22. The van der Waals surface area contributed by atoms with Crippen LogP contribution in [-0.4, -0.2) is 5.97 Å². The van der Waals surface area contributed by atoms with Gasteiger partial charge in [-0.1, -0.05) is 12.1 Å². The molecular weight excluding hydrogens is 202 g/mol. The second kappa shape index (κ2) is 5.50. The lowest BCUT2D eigenvalue weighted by molar-refractivity contribution is -0.142. The fourth-order valence-electron chi connectivity index (χ4n) is 1.04. The Labute approximate surface area is 89.7 Å². The van der Waals surface area contributed by atoms with Crippen LogP contribution in [0.4, 0.5) is 5.69 Å². The normalized spacial score (nSPS) is 9.00. The number of nitrogen functional groups attached to an aromatic ring is 1. The summed E-state index contributed by atoms with van der Waals surface area (Å²) in [6.07, 6.45) is 0. The van der Waals surface area contributed by atoms with E-state index in [-0.39, 0.29) is 18.4 Å². The average molecular weight is 216 g/mol. The molecule has 0 aliphatic heterocycles. The highest BCUT2D eigenvalue weighted by atomic mass is 35.5. The second-order valence-corrected chi connectivity index (χ2v) is 2.91. The van der Waals surface area contributed by atoms with Crippen molar-refractivity contribution < 1.29 is 9.53 Å². The number of rotatable bonds is 2. The molecule has 0 unspecified atom stereocenters. The lowest BCUT2D eigenvalue weighted by Gasteiger charge is -2.07. The molecule has 3 nitrogen and oxygen atoms in total. The van der Waals surface area contributed by atoms with Gasteiger partial charge in [0.05, 0.1) is 0 Å². The van der Waals surface area contributed by atoms with Crippen LogP contribution >= 0.6 is 12.4 Å². The summed E-state index contributed by atoms with van der Waals surface area (Å²) in [5, 5.41) is 0. The fraction of sp³-hybridized carbons (Fsp3) is 0.300. The average Bonchev–Trinajstić information content (AvgIpc) is 2.07. The molecule has 2 N–H and O–H groups in total. The molecule has 0 aliphatic rings. The highest BCUT2D eigenvalue weighted by molar-refractivity contribution is 5.85. The largest absolute Gasteiger partial charge is 0.461 e. The van der Waals surface area contributed by atoms with Gasteiger partial charge < -0.3 is 10.5 Å². The molecule has 1 aromatic carbocycles. The van der Waals surface area contributed by atoms with Gasteiger partial charge in [-0.15, -0.1) is 12.4 Å². The van der Waals surface area contributed by atoms with Gasteiger partial charge in [0.1, 0.15) is 6.61 Å². The number of nitrogens with two attached hydrogens (primary N) is 1. The summed E-state index contributed by atoms with van der Waals surface area (Å²) < 4.78 is 4.87. The molecule has 0 heterocycles. The first-order chi connectivity index (χ1) is 6.11. The van der Waals surface area contributed by atoms with Crippen molar-refractivity contribution >= 4 is 24.1 Å². The number of anilines is 1. The summed E-state index contributed by atoms with van der Waals surface area (Å²) in [4.78, 5) is 10.6. The first-order valence-electron chi connectivity index (χ1n) is 4.08. The van der Waals surface area contributed by atoms with Crippen LogP contribution in [0.2, 0.25) is 0 Å². The van der Waals surface area contributed by atoms with E-state index in [0.717, 1.165) is 16.8 Å². The van der Waals surface area contributed by atoms with Crippen LogP contribution < -0.4 is 5.73 Å². The fourth-order valence-corrected chi connectivity index (χ4v) is 1.04. The maximum Gasteiger partial charge on any atom is 0.302 e. The monoisotopic (exact) mass is 215 g/mol. The number of hydrogen-bond acceptors (Lipinski definition) is 3. The molecule has 0 saturated heterocycles. The quantitative estimate of drug-likeness (QED) is 0.607. The Kier molecular flexibility index (Phi) is 5.02. The molecule has 0 amide bonds. The molecule has 0 bridgehead atoms. The maximum atomic E-state index is 10.6. The van der Waals surface area contributed by atoms with Crippen LogP contribution in [0.15, 0.2) is 18.2 Å². The Balaban J connectivity index is 0.00000169. The molecule has 0 radical (unpaired) electrons. The Bertz CT molecular complexity index is 326. The van der Waals surface area contributed by atoms with E-state index in [2.05, 4.69) is 0 Å². The van der Waals surface area contributed by atoms with Gasteiger partial charge in [0.25, 0.3) is 0 Å². The lowest BCUT2D eigenvalue weighted by atomic mass is 10.1. The topological polar surface area (TPSA) is 52.3 Å². The van der Waals surface area contributed by atoms with Gasteiger partial charge in [0.15, 0.2) is 0 Å². The molecule has 0 fully saturated rings. The molecular formula is C10H14ClNO2. The molecule has 1 aromatic rings. The molecule has 4 heteroatoms. The number of hydrogen-bond donors (Lipinski definition) is 1. The van der Waals surface area contributed by atoms with Crippen LogP contribution in [0.5, 0.6) is 0 Å². The number of esters is 1. The van der Waals surface area contributed by atoms with Crippen molar-refractivity contribution in [2.24, 2.45) is 0 Å². The molecule has 0 aromatic heterocycles. The third-order valence-electron chi connectivity index (χ3n) is 1.92. The highest BCUT2D eigenvalue weighted by Crippen LogP contribution is 2.16. The zero-order valence-corrected chi connectivity index (χ0v) is 9.06. The number of ether oxygens (including phenoxy) is 1. The maximum absolute atomic E-state index is 10.6. The lowest BCUT2D eigenvalue weighted by Crippen LogP contribution is -2.02. The molecule has 78 valence electrons. The predicted molar refractivity (Wildman–Crippen MR) is 58.3 cm³/mol. The van der Waals surface area contributed by atoms with Crippen LogP contribution in [0.3, 0.4) is 0 Å². The molecule has 0 aliphatic carbocycles. The van der Waals surface area contributed by atoms with Crippen molar-refractivity contribution in [1.29, 1.82) is 0 Å². The van der Waals surface area contributed by atoms with E-state index in [1.165, 1.54) is 6.92 Å². The van der Waals surface area contributed by atoms with E-state index in [0.29, 0.717) is 6.61 Å². The van der Waals surface area contributed by atoms with E-state index in [1.54, 1.807) is 0 Å². The predicted octanol–water partition coefficient (Wildman–Crippen LogP) is 2.06. The van der Waals surface area contributed by atoms with Gasteiger partial charge in [-0.2, -0.15) is 0 Å². The van der Waals surface area contributed by atoms with Crippen LogP contribution in [0.1, 0.15) is 18.1 Å². The van der Waals surface area contributed by atoms with Crippen LogP contribution in [0.25, 0.3) is 0 Å². The minimum Gasteiger partial charge on any atom is -0.461 e. The van der Waals surface area contributed by atoms with Gasteiger partial charge in [-0.05, 0) is 24.1 Å². The number of carbonyl (C=O) groups excluding carboxylic acids is 1. The smallest absolute Gasteiger partial charge is 0.302 e. The minimum atomic E-state index is -0.276. The second-order valence-electron chi connectivity index (χ2n) is 2.91. The summed E-state index contributed by atoms with van der Waals surface area (Å²) in [5.41, 5.74) is 8.34. The van der Waals surface area contributed by atoms with Gasteiger partial charge in [0.2, 0.25) is 0 Å². The minimum absolute atomic E-state index is 0. The van der Waals surface area contributed by atoms with E-state index >= 15 is 0 Å². The van der Waals surface area contributed by atoms with Crippen molar-refractivity contribution in [3.8, 4) is 0 Å². The van der Waals surface area contributed by atoms with E-state index in [1.807, 2.05) is 25.1 Å². The standard InChI is InChI=1S/C10H13NO2.ClH/c1-7-9(6-13-8(2)12)4-3-5-10(7)11;/h3-5H,6,11H2,1-2H3;1H. The van der Waals surface area contributed by atoms with Crippen molar-refractivity contribution in [1.82, 2.24) is 0 Å². The van der Waals surface area contributed by atoms with Crippen molar-refractivity contribution in [3.63, 3.8) is 0 Å². The van der Waals surface area contributed by atoms with Crippen LogP contribution in [0, 0.1) is 6.92 Å². The summed E-state index contributed by atoms with van der Waals surface area (Å²) in [7, 11) is 0. The Morgan fingerprint density at radius 2 is 2.14 bits per heavy atom. The SMILES string of the molecule is CC(=O)OCc1cccc(N)c1C.Cl. The van der Waals surface area contributed by atoms with E-state index < -0.39 is 0 Å². The van der Waals surface area contributed by atoms with E-state index in [9.17, 15) is 4.79 Å². The van der Waals surface area contributed by atoms with Gasteiger partial charge in [0, 0.05) is 12.6 Å². The first-order valence-corrected chi connectivity index (χ1v) is 4.08.